The number of carbonyl (C=O) groups is 2. The molecular formula is C24H40N4O6. The Kier molecular flexibility index (Phi) is 18.0. The number of isocyanates is 2. The molecule has 0 aromatic rings. The van der Waals surface area contributed by atoms with Gasteiger partial charge in [-0.25, -0.2) is 29.2 Å². The lowest BCUT2D eigenvalue weighted by Gasteiger charge is -2.27. The van der Waals surface area contributed by atoms with Gasteiger partial charge < -0.3 is 20.1 Å². The number of unbranched alkanes of at least 4 members (excludes halogenated alkanes) is 6. The molecule has 1 fully saturated rings. The van der Waals surface area contributed by atoms with Crippen molar-refractivity contribution in [3.8, 4) is 0 Å². The van der Waals surface area contributed by atoms with Crippen molar-refractivity contribution in [2.75, 3.05) is 39.4 Å². The highest BCUT2D eigenvalue weighted by Gasteiger charge is 2.23. The van der Waals surface area contributed by atoms with E-state index in [0.29, 0.717) is 51.2 Å². The molecule has 1 aliphatic carbocycles. The first-order chi connectivity index (χ1) is 16.7. The van der Waals surface area contributed by atoms with Crippen molar-refractivity contribution in [2.24, 2.45) is 21.8 Å². The van der Waals surface area contributed by atoms with Gasteiger partial charge in [0.15, 0.2) is 0 Å². The van der Waals surface area contributed by atoms with Crippen LogP contribution in [0.3, 0.4) is 0 Å². The van der Waals surface area contributed by atoms with Crippen LogP contribution in [-0.2, 0) is 19.1 Å². The lowest BCUT2D eigenvalue weighted by Crippen LogP contribution is -2.30. The van der Waals surface area contributed by atoms with Crippen molar-refractivity contribution >= 4 is 24.3 Å². The predicted molar refractivity (Wildman–Crippen MR) is 127 cm³/mol. The highest BCUT2D eigenvalue weighted by molar-refractivity contribution is 5.67. The van der Waals surface area contributed by atoms with Crippen LogP contribution in [0.15, 0.2) is 9.98 Å². The maximum absolute atomic E-state index is 11.8. The molecule has 0 unspecified atom stereocenters. The Morgan fingerprint density at radius 3 is 1.41 bits per heavy atom. The SMILES string of the molecule is O=C=NCCCCCCNC(=O)OCC1CCC(COC(=O)NCCCCCCN=C=O)CC1. The van der Waals surface area contributed by atoms with E-state index in [1.54, 1.807) is 0 Å². The minimum Gasteiger partial charge on any atom is -0.449 e. The molecule has 192 valence electrons. The molecule has 0 atom stereocenters. The first-order valence-electron chi connectivity index (χ1n) is 12.5. The molecule has 0 spiro atoms. The number of rotatable bonds is 18. The molecule has 0 aromatic carbocycles. The summed E-state index contributed by atoms with van der Waals surface area (Å²) in [6.45, 7) is 3.04. The summed E-state index contributed by atoms with van der Waals surface area (Å²) in [7, 11) is 0. The molecule has 1 saturated carbocycles. The number of nitrogens with zero attached hydrogens (tertiary/aromatic N) is 2. The number of hydrogen-bond acceptors (Lipinski definition) is 8. The quantitative estimate of drug-likeness (QED) is 0.173. The molecule has 10 nitrogen and oxygen atoms in total. The van der Waals surface area contributed by atoms with Crippen molar-refractivity contribution in [1.82, 2.24) is 10.6 Å². The van der Waals surface area contributed by atoms with E-state index in [9.17, 15) is 19.2 Å². The molecule has 1 aliphatic rings. The van der Waals surface area contributed by atoms with E-state index >= 15 is 0 Å². The van der Waals surface area contributed by atoms with Crippen LogP contribution in [0.2, 0.25) is 0 Å². The fourth-order valence-corrected chi connectivity index (χ4v) is 3.86. The number of hydrogen-bond donors (Lipinski definition) is 2. The lowest BCUT2D eigenvalue weighted by atomic mass is 9.83. The first kappa shape index (κ1) is 29.3. The number of carbonyl (C=O) groups excluding carboxylic acids is 4. The first-order valence-corrected chi connectivity index (χ1v) is 12.5. The molecular weight excluding hydrogens is 440 g/mol. The smallest absolute Gasteiger partial charge is 0.407 e. The van der Waals surface area contributed by atoms with Crippen LogP contribution >= 0.6 is 0 Å². The summed E-state index contributed by atoms with van der Waals surface area (Å²) in [6, 6.07) is 0. The minimum absolute atomic E-state index is 0.353. The summed E-state index contributed by atoms with van der Waals surface area (Å²) in [6.07, 6.45) is 13.5. The molecule has 0 aliphatic heterocycles. The van der Waals surface area contributed by atoms with Crippen molar-refractivity contribution < 1.29 is 28.7 Å². The van der Waals surface area contributed by atoms with Crippen LogP contribution in [0.25, 0.3) is 0 Å². The molecule has 2 N–H and O–H groups in total. The Balaban J connectivity index is 1.95. The summed E-state index contributed by atoms with van der Waals surface area (Å²) in [5, 5.41) is 5.54. The van der Waals surface area contributed by atoms with Gasteiger partial charge in [-0.2, -0.15) is 0 Å². The van der Waals surface area contributed by atoms with Gasteiger partial charge in [-0.1, -0.05) is 25.7 Å². The molecule has 0 aromatic heterocycles. The topological polar surface area (TPSA) is 136 Å². The summed E-state index contributed by atoms with van der Waals surface area (Å²) >= 11 is 0. The number of nitrogens with one attached hydrogen (secondary N) is 2. The van der Waals surface area contributed by atoms with E-state index in [-0.39, 0.29) is 12.2 Å². The maximum atomic E-state index is 11.8. The number of ether oxygens (including phenoxy) is 2. The zero-order valence-corrected chi connectivity index (χ0v) is 20.2. The molecule has 0 saturated heterocycles. The Morgan fingerprint density at radius 1 is 0.647 bits per heavy atom. The monoisotopic (exact) mass is 480 g/mol. The molecule has 34 heavy (non-hydrogen) atoms. The molecule has 0 radical (unpaired) electrons. The van der Waals surface area contributed by atoms with Crippen molar-refractivity contribution in [1.29, 1.82) is 0 Å². The number of aliphatic imine (C=N–C) groups is 2. The van der Waals surface area contributed by atoms with E-state index < -0.39 is 0 Å². The van der Waals surface area contributed by atoms with Gasteiger partial charge in [-0.3, -0.25) is 0 Å². The van der Waals surface area contributed by atoms with Gasteiger partial charge >= 0.3 is 12.2 Å². The second kappa shape index (κ2) is 20.9. The molecule has 0 heterocycles. The highest BCUT2D eigenvalue weighted by atomic mass is 16.6. The van der Waals surface area contributed by atoms with Crippen LogP contribution in [0.4, 0.5) is 9.59 Å². The fourth-order valence-electron chi connectivity index (χ4n) is 3.86. The zero-order valence-electron chi connectivity index (χ0n) is 20.2. The molecule has 0 bridgehead atoms. The van der Waals surface area contributed by atoms with Crippen molar-refractivity contribution in [3.63, 3.8) is 0 Å². The van der Waals surface area contributed by atoms with Gasteiger partial charge in [0.05, 0.1) is 26.3 Å². The number of alkyl carbamates (subject to hydrolysis) is 2. The van der Waals surface area contributed by atoms with Crippen molar-refractivity contribution in [3.05, 3.63) is 0 Å². The Labute approximate surface area is 202 Å². The summed E-state index contributed by atoms with van der Waals surface area (Å²) < 4.78 is 10.7. The second-order valence-corrected chi connectivity index (χ2v) is 8.71. The van der Waals surface area contributed by atoms with E-state index in [2.05, 4.69) is 20.6 Å². The normalized spacial score (nSPS) is 17.1. The molecule has 10 heteroatoms. The van der Waals surface area contributed by atoms with Crippen LogP contribution in [0, 0.1) is 11.8 Å². The third-order valence-corrected chi connectivity index (χ3v) is 5.93. The van der Waals surface area contributed by atoms with Gasteiger partial charge in [0.2, 0.25) is 12.2 Å². The van der Waals surface area contributed by atoms with Crippen LogP contribution in [0.1, 0.15) is 77.0 Å². The predicted octanol–water partition coefficient (Wildman–Crippen LogP) is 4.04. The summed E-state index contributed by atoms with van der Waals surface area (Å²) in [5.74, 6) is 0.706. The Morgan fingerprint density at radius 2 is 1.03 bits per heavy atom. The van der Waals surface area contributed by atoms with Crippen LogP contribution in [0.5, 0.6) is 0 Å². The van der Waals surface area contributed by atoms with Gasteiger partial charge in [-0.05, 0) is 63.2 Å². The van der Waals surface area contributed by atoms with Crippen molar-refractivity contribution in [2.45, 2.75) is 77.0 Å². The average molecular weight is 481 g/mol. The van der Waals surface area contributed by atoms with Gasteiger partial charge in [0, 0.05) is 13.1 Å². The van der Waals surface area contributed by atoms with E-state index in [1.165, 1.54) is 12.2 Å². The number of amides is 2. The average Bonchev–Trinajstić information content (AvgIpc) is 2.85. The van der Waals surface area contributed by atoms with Gasteiger partial charge in [-0.15, -0.1) is 0 Å². The second-order valence-electron chi connectivity index (χ2n) is 8.71. The van der Waals surface area contributed by atoms with E-state index in [0.717, 1.165) is 77.0 Å². The minimum atomic E-state index is -0.373. The van der Waals surface area contributed by atoms with Gasteiger partial charge in [0.1, 0.15) is 0 Å². The summed E-state index contributed by atoms with van der Waals surface area (Å²) in [4.78, 5) is 50.5. The van der Waals surface area contributed by atoms with E-state index in [4.69, 9.17) is 9.47 Å². The summed E-state index contributed by atoms with van der Waals surface area (Å²) in [5.41, 5.74) is 0. The van der Waals surface area contributed by atoms with E-state index in [1.807, 2.05) is 0 Å². The third-order valence-electron chi connectivity index (χ3n) is 5.93. The Bertz CT molecular complexity index is 598. The highest BCUT2D eigenvalue weighted by Crippen LogP contribution is 2.29. The molecule has 1 rings (SSSR count). The van der Waals surface area contributed by atoms with Crippen LogP contribution in [-0.4, -0.2) is 63.7 Å². The Hall–Kier alpha value is -2.70. The third kappa shape index (κ3) is 16.9. The fraction of sp³-hybridized carbons (Fsp3) is 0.833. The van der Waals surface area contributed by atoms with Crippen LogP contribution < -0.4 is 10.6 Å². The maximum Gasteiger partial charge on any atom is 0.407 e. The zero-order chi connectivity index (χ0) is 24.7. The largest absolute Gasteiger partial charge is 0.449 e. The van der Waals surface area contributed by atoms with Gasteiger partial charge in [0.25, 0.3) is 0 Å². The molecule has 2 amide bonds. The standard InChI is InChI=1S/C24H40N4O6/c29-19-25-13-5-1-3-7-15-27-23(31)33-17-21-9-11-22(12-10-21)18-34-24(32)28-16-8-4-2-6-14-26-20-30/h21-22H,1-18H2,(H,27,31)(H,28,32). The lowest BCUT2D eigenvalue weighted by molar-refractivity contribution is 0.0856.